The summed E-state index contributed by atoms with van der Waals surface area (Å²) in [6.45, 7) is 0. The van der Waals surface area contributed by atoms with Crippen LogP contribution in [0.5, 0.6) is 0 Å². The lowest BCUT2D eigenvalue weighted by Crippen LogP contribution is -1.82. The van der Waals surface area contributed by atoms with Gasteiger partial charge in [0.25, 0.3) is 0 Å². The molecule has 2 rings (SSSR count). The molecule has 0 N–H and O–H groups in total. The van der Waals surface area contributed by atoms with Crippen molar-refractivity contribution in [2.45, 2.75) is 5.75 Å². The van der Waals surface area contributed by atoms with Gasteiger partial charge in [-0.05, 0) is 28.1 Å². The summed E-state index contributed by atoms with van der Waals surface area (Å²) in [6, 6.07) is 5.92. The first kappa shape index (κ1) is 8.13. The fourth-order valence-corrected chi connectivity index (χ4v) is 1.69. The van der Waals surface area contributed by atoms with E-state index in [0.717, 1.165) is 15.9 Å². The van der Waals surface area contributed by atoms with Crippen LogP contribution in [0.2, 0.25) is 0 Å². The van der Waals surface area contributed by atoms with Crippen molar-refractivity contribution in [1.29, 1.82) is 0 Å². The van der Waals surface area contributed by atoms with Gasteiger partial charge in [-0.25, -0.2) is 4.98 Å². The Morgan fingerprint density at radius 3 is 3.00 bits per heavy atom. The maximum atomic E-state index is 4.35. The van der Waals surface area contributed by atoms with Gasteiger partial charge < -0.3 is 0 Å². The van der Waals surface area contributed by atoms with E-state index in [1.807, 2.05) is 28.8 Å². The summed E-state index contributed by atoms with van der Waals surface area (Å²) in [5, 5.41) is 0. The molecule has 0 aromatic carbocycles. The Bertz CT molecular complexity index is 410. The van der Waals surface area contributed by atoms with Gasteiger partial charge in [-0.1, -0.05) is 6.07 Å². The Kier molecular flexibility index (Phi) is 2.11. The Morgan fingerprint density at radius 1 is 1.50 bits per heavy atom. The Morgan fingerprint density at radius 2 is 2.33 bits per heavy atom. The van der Waals surface area contributed by atoms with E-state index in [2.05, 4.69) is 33.5 Å². The number of hydrogen-bond donors (Lipinski definition) is 1. The van der Waals surface area contributed by atoms with Crippen LogP contribution in [-0.4, -0.2) is 9.38 Å². The molecule has 0 saturated heterocycles. The van der Waals surface area contributed by atoms with Gasteiger partial charge in [-0.15, -0.1) is 0 Å². The number of halogens is 1. The molecule has 0 aliphatic heterocycles. The Balaban J connectivity index is 2.74. The summed E-state index contributed by atoms with van der Waals surface area (Å²) in [4.78, 5) is 4.35. The summed E-state index contributed by atoms with van der Waals surface area (Å²) < 4.78 is 3.01. The van der Waals surface area contributed by atoms with Gasteiger partial charge in [0.2, 0.25) is 0 Å². The highest BCUT2D eigenvalue weighted by atomic mass is 79.9. The number of rotatable bonds is 1. The van der Waals surface area contributed by atoms with Crippen molar-refractivity contribution in [1.82, 2.24) is 9.38 Å². The molecule has 2 heterocycles. The third-order valence-electron chi connectivity index (χ3n) is 1.65. The van der Waals surface area contributed by atoms with Crippen LogP contribution in [0.15, 0.2) is 29.0 Å². The van der Waals surface area contributed by atoms with E-state index in [0.29, 0.717) is 5.75 Å². The summed E-state index contributed by atoms with van der Waals surface area (Å²) >= 11 is 7.60. The third-order valence-corrected chi connectivity index (χ3v) is 2.62. The summed E-state index contributed by atoms with van der Waals surface area (Å²) in [6.07, 6.45) is 1.98. The minimum atomic E-state index is 0.675. The summed E-state index contributed by atoms with van der Waals surface area (Å²) in [5.74, 6) is 0.675. The first-order valence-corrected chi connectivity index (χ1v) is 4.97. The van der Waals surface area contributed by atoms with E-state index in [-0.39, 0.29) is 0 Å². The zero-order valence-corrected chi connectivity index (χ0v) is 8.72. The molecule has 0 atom stereocenters. The molecular formula is C8H7BrN2S. The van der Waals surface area contributed by atoms with Gasteiger partial charge in [0.15, 0.2) is 0 Å². The van der Waals surface area contributed by atoms with E-state index in [4.69, 9.17) is 0 Å². The van der Waals surface area contributed by atoms with Gasteiger partial charge in [0.05, 0.1) is 10.3 Å². The molecule has 62 valence electrons. The van der Waals surface area contributed by atoms with Crippen molar-refractivity contribution >= 4 is 34.2 Å². The fourth-order valence-electron chi connectivity index (χ4n) is 1.10. The average Bonchev–Trinajstić information content (AvgIpc) is 2.49. The molecule has 0 aliphatic carbocycles. The number of aromatic nitrogens is 2. The van der Waals surface area contributed by atoms with Crippen molar-refractivity contribution in [3.05, 3.63) is 34.7 Å². The number of thiol groups is 1. The first-order valence-electron chi connectivity index (χ1n) is 3.54. The lowest BCUT2D eigenvalue weighted by Gasteiger charge is -1.93. The van der Waals surface area contributed by atoms with E-state index in [1.54, 1.807) is 0 Å². The maximum absolute atomic E-state index is 4.35. The molecule has 12 heavy (non-hydrogen) atoms. The van der Waals surface area contributed by atoms with Crippen LogP contribution >= 0.6 is 28.6 Å². The highest BCUT2D eigenvalue weighted by molar-refractivity contribution is 9.10. The van der Waals surface area contributed by atoms with Crippen LogP contribution in [0.1, 0.15) is 5.69 Å². The smallest absolute Gasteiger partial charge is 0.137 e. The van der Waals surface area contributed by atoms with Crippen LogP contribution in [-0.2, 0) is 5.75 Å². The van der Waals surface area contributed by atoms with E-state index >= 15 is 0 Å². The minimum Gasteiger partial charge on any atom is -0.294 e. The van der Waals surface area contributed by atoms with E-state index < -0.39 is 0 Å². The van der Waals surface area contributed by atoms with Gasteiger partial charge in [-0.2, -0.15) is 12.6 Å². The standard InChI is InChI=1S/C8H7BrN2S/c9-7-2-1-3-8-10-6(5-12)4-11(7)8/h1-4,12H,5H2. The van der Waals surface area contributed by atoms with Gasteiger partial charge in [0.1, 0.15) is 5.65 Å². The second kappa shape index (κ2) is 3.11. The van der Waals surface area contributed by atoms with E-state index in [1.165, 1.54) is 0 Å². The second-order valence-corrected chi connectivity index (χ2v) is 3.60. The Labute approximate surface area is 84.2 Å². The van der Waals surface area contributed by atoms with Crippen molar-refractivity contribution in [3.63, 3.8) is 0 Å². The van der Waals surface area contributed by atoms with Crippen molar-refractivity contribution in [3.8, 4) is 0 Å². The average molecular weight is 243 g/mol. The normalized spacial score (nSPS) is 10.8. The zero-order valence-electron chi connectivity index (χ0n) is 6.24. The van der Waals surface area contributed by atoms with E-state index in [9.17, 15) is 0 Å². The lowest BCUT2D eigenvalue weighted by atomic mass is 10.5. The minimum absolute atomic E-state index is 0.675. The van der Waals surface area contributed by atoms with Crippen LogP contribution < -0.4 is 0 Å². The number of hydrogen-bond acceptors (Lipinski definition) is 2. The number of pyridine rings is 1. The molecule has 0 bridgehead atoms. The second-order valence-electron chi connectivity index (χ2n) is 2.47. The largest absolute Gasteiger partial charge is 0.294 e. The van der Waals surface area contributed by atoms with Gasteiger partial charge in [0, 0.05) is 11.9 Å². The molecule has 2 aromatic heterocycles. The molecule has 2 aromatic rings. The summed E-state index contributed by atoms with van der Waals surface area (Å²) in [5.41, 5.74) is 1.94. The van der Waals surface area contributed by atoms with Crippen molar-refractivity contribution in [2.75, 3.05) is 0 Å². The molecule has 0 unspecified atom stereocenters. The SMILES string of the molecule is SCc1cn2c(Br)cccc2n1. The van der Waals surface area contributed by atoms with Gasteiger partial charge >= 0.3 is 0 Å². The molecule has 0 aliphatic rings. The zero-order chi connectivity index (χ0) is 8.55. The molecular weight excluding hydrogens is 236 g/mol. The lowest BCUT2D eigenvalue weighted by molar-refractivity contribution is 1.14. The fraction of sp³-hybridized carbons (Fsp3) is 0.125. The quantitative estimate of drug-likeness (QED) is 0.601. The highest BCUT2D eigenvalue weighted by Gasteiger charge is 2.00. The Hall–Kier alpha value is -0.480. The first-order chi connectivity index (χ1) is 5.81. The third kappa shape index (κ3) is 1.25. The number of imidazole rings is 1. The number of nitrogens with zero attached hydrogens (tertiary/aromatic N) is 2. The van der Waals surface area contributed by atoms with Crippen LogP contribution in [0.25, 0.3) is 5.65 Å². The van der Waals surface area contributed by atoms with Crippen LogP contribution in [0, 0.1) is 0 Å². The predicted octanol–water partition coefficient (Wildman–Crippen LogP) is 2.53. The van der Waals surface area contributed by atoms with Crippen molar-refractivity contribution < 1.29 is 0 Å². The topological polar surface area (TPSA) is 17.3 Å². The number of fused-ring (bicyclic) bond motifs is 1. The molecule has 0 fully saturated rings. The predicted molar refractivity (Wildman–Crippen MR) is 55.6 cm³/mol. The van der Waals surface area contributed by atoms with Crippen LogP contribution in [0.3, 0.4) is 0 Å². The molecule has 0 spiro atoms. The summed E-state index contributed by atoms with van der Waals surface area (Å²) in [7, 11) is 0. The molecule has 0 saturated carbocycles. The molecule has 0 radical (unpaired) electrons. The monoisotopic (exact) mass is 242 g/mol. The molecule has 4 heteroatoms. The molecule has 2 nitrogen and oxygen atoms in total. The molecule has 0 amide bonds. The highest BCUT2D eigenvalue weighted by Crippen LogP contribution is 2.14. The van der Waals surface area contributed by atoms with Gasteiger partial charge in [-0.3, -0.25) is 4.40 Å². The van der Waals surface area contributed by atoms with Crippen LogP contribution in [0.4, 0.5) is 0 Å². The van der Waals surface area contributed by atoms with Crippen molar-refractivity contribution in [2.24, 2.45) is 0 Å². The maximum Gasteiger partial charge on any atom is 0.137 e.